The first-order chi connectivity index (χ1) is 9.78. The van der Waals surface area contributed by atoms with Crippen LogP contribution in [0.25, 0.3) is 0 Å². The maximum absolute atomic E-state index is 13.7. The van der Waals surface area contributed by atoms with Gasteiger partial charge in [-0.1, -0.05) is 6.08 Å². The van der Waals surface area contributed by atoms with Gasteiger partial charge in [-0.25, -0.2) is 8.42 Å². The molecule has 0 amide bonds. The number of sulfonamides is 1. The van der Waals surface area contributed by atoms with Crippen LogP contribution in [0, 0.1) is 22.9 Å². The van der Waals surface area contributed by atoms with Gasteiger partial charge >= 0.3 is 5.69 Å². The van der Waals surface area contributed by atoms with Gasteiger partial charge in [0, 0.05) is 18.7 Å². The molecule has 21 heavy (non-hydrogen) atoms. The molecule has 0 aliphatic heterocycles. The van der Waals surface area contributed by atoms with E-state index in [9.17, 15) is 22.9 Å². The van der Waals surface area contributed by atoms with E-state index in [2.05, 4.69) is 6.58 Å². The third-order valence-electron chi connectivity index (χ3n) is 3.28. The molecule has 1 fully saturated rings. The Labute approximate surface area is 122 Å². The molecular formula is C13H15FN2O4S. The summed E-state index contributed by atoms with van der Waals surface area (Å²) in [5.74, 6) is -1.01. The highest BCUT2D eigenvalue weighted by Gasteiger charge is 2.38. The van der Waals surface area contributed by atoms with Crippen LogP contribution in [0.4, 0.5) is 10.1 Å². The lowest BCUT2D eigenvalue weighted by molar-refractivity contribution is -0.387. The first-order valence-electron chi connectivity index (χ1n) is 6.36. The maximum Gasteiger partial charge on any atom is 0.306 e. The Morgan fingerprint density at radius 2 is 2.14 bits per heavy atom. The molecule has 2 rings (SSSR count). The van der Waals surface area contributed by atoms with Crippen LogP contribution in [-0.2, 0) is 10.0 Å². The van der Waals surface area contributed by atoms with Gasteiger partial charge in [0.2, 0.25) is 15.8 Å². The highest BCUT2D eigenvalue weighted by atomic mass is 32.2. The molecule has 6 nitrogen and oxygen atoms in total. The Hall–Kier alpha value is -1.80. The lowest BCUT2D eigenvalue weighted by atomic mass is 10.2. The van der Waals surface area contributed by atoms with Gasteiger partial charge in [-0.2, -0.15) is 8.70 Å². The number of halogens is 1. The molecule has 0 unspecified atom stereocenters. The first-order valence-corrected chi connectivity index (χ1v) is 7.80. The average Bonchev–Trinajstić information content (AvgIpc) is 3.22. The molecule has 0 spiro atoms. The number of aryl methyl sites for hydroxylation is 1. The number of nitro benzene ring substituents is 1. The largest absolute Gasteiger partial charge is 0.306 e. The van der Waals surface area contributed by atoms with Gasteiger partial charge in [-0.3, -0.25) is 10.1 Å². The number of rotatable bonds is 6. The van der Waals surface area contributed by atoms with E-state index >= 15 is 0 Å². The van der Waals surface area contributed by atoms with E-state index in [1.807, 2.05) is 0 Å². The van der Waals surface area contributed by atoms with Crippen molar-refractivity contribution in [1.29, 1.82) is 0 Å². The molecule has 0 aromatic heterocycles. The zero-order valence-corrected chi connectivity index (χ0v) is 12.3. The summed E-state index contributed by atoms with van der Waals surface area (Å²) < 4.78 is 40.1. The molecule has 0 heterocycles. The van der Waals surface area contributed by atoms with E-state index in [1.165, 1.54) is 17.3 Å². The first kappa shape index (κ1) is 15.6. The summed E-state index contributed by atoms with van der Waals surface area (Å²) in [4.78, 5) is 9.65. The number of nitrogens with zero attached hydrogens (tertiary/aromatic N) is 2. The summed E-state index contributed by atoms with van der Waals surface area (Å²) in [6, 6.07) is 1.78. The van der Waals surface area contributed by atoms with E-state index in [0.717, 1.165) is 25.0 Å². The minimum absolute atomic E-state index is 0.0721. The van der Waals surface area contributed by atoms with Gasteiger partial charge in [0.05, 0.1) is 9.82 Å². The van der Waals surface area contributed by atoms with Crippen molar-refractivity contribution in [3.8, 4) is 0 Å². The monoisotopic (exact) mass is 314 g/mol. The number of hydrogen-bond acceptors (Lipinski definition) is 4. The molecule has 1 aliphatic rings. The van der Waals surface area contributed by atoms with E-state index in [0.29, 0.717) is 0 Å². The number of nitro groups is 1. The second-order valence-corrected chi connectivity index (χ2v) is 6.82. The minimum Gasteiger partial charge on any atom is -0.258 e. The quantitative estimate of drug-likeness (QED) is 0.458. The lowest BCUT2D eigenvalue weighted by Gasteiger charge is -2.20. The third kappa shape index (κ3) is 2.96. The van der Waals surface area contributed by atoms with Crippen LogP contribution in [0.5, 0.6) is 0 Å². The van der Waals surface area contributed by atoms with Crippen molar-refractivity contribution in [2.24, 2.45) is 0 Å². The van der Waals surface area contributed by atoms with E-state index in [1.54, 1.807) is 0 Å². The highest BCUT2D eigenvalue weighted by molar-refractivity contribution is 7.89. The molecule has 8 heteroatoms. The summed E-state index contributed by atoms with van der Waals surface area (Å²) >= 11 is 0. The van der Waals surface area contributed by atoms with Gasteiger partial charge in [0.1, 0.15) is 0 Å². The Kier molecular flexibility index (Phi) is 4.11. The van der Waals surface area contributed by atoms with Crippen molar-refractivity contribution in [2.45, 2.75) is 30.7 Å². The summed E-state index contributed by atoms with van der Waals surface area (Å²) in [7, 11) is -3.90. The smallest absolute Gasteiger partial charge is 0.258 e. The van der Waals surface area contributed by atoms with Crippen LogP contribution in [0.15, 0.2) is 29.7 Å². The normalized spacial score (nSPS) is 15.2. The molecule has 1 aromatic rings. The van der Waals surface area contributed by atoms with Crippen molar-refractivity contribution < 1.29 is 17.7 Å². The van der Waals surface area contributed by atoms with Crippen molar-refractivity contribution in [1.82, 2.24) is 4.31 Å². The fourth-order valence-corrected chi connectivity index (χ4v) is 3.83. The Balaban J connectivity index is 2.53. The fraction of sp³-hybridized carbons (Fsp3) is 0.385. The highest BCUT2D eigenvalue weighted by Crippen LogP contribution is 2.34. The zero-order valence-electron chi connectivity index (χ0n) is 11.5. The standard InChI is InChI=1S/C13H15FN2O4S/c1-3-6-15(10-4-5-10)21(19,20)11-7-9(2)13(14)12(8-11)16(17)18/h3,7-8,10H,1,4-6H2,2H3. The SMILES string of the molecule is C=CCN(C1CC1)S(=O)(=O)c1cc(C)c(F)c([N+](=O)[O-])c1. The molecule has 0 saturated heterocycles. The summed E-state index contributed by atoms with van der Waals surface area (Å²) in [6.45, 7) is 4.95. The van der Waals surface area contributed by atoms with E-state index in [-0.39, 0.29) is 23.0 Å². The van der Waals surface area contributed by atoms with Gasteiger partial charge in [-0.15, -0.1) is 6.58 Å². The van der Waals surface area contributed by atoms with E-state index in [4.69, 9.17) is 0 Å². The van der Waals surface area contributed by atoms with Crippen LogP contribution in [0.3, 0.4) is 0 Å². The van der Waals surface area contributed by atoms with Crippen molar-refractivity contribution in [3.05, 3.63) is 46.3 Å². The second-order valence-electron chi connectivity index (χ2n) is 4.92. The average molecular weight is 314 g/mol. The van der Waals surface area contributed by atoms with Crippen LogP contribution in [0.2, 0.25) is 0 Å². The molecule has 1 aromatic carbocycles. The number of benzene rings is 1. The van der Waals surface area contributed by atoms with Crippen molar-refractivity contribution in [3.63, 3.8) is 0 Å². The van der Waals surface area contributed by atoms with Crippen molar-refractivity contribution >= 4 is 15.7 Å². The minimum atomic E-state index is -3.90. The predicted molar refractivity (Wildman–Crippen MR) is 74.9 cm³/mol. The summed E-state index contributed by atoms with van der Waals surface area (Å²) in [6.07, 6.45) is 2.95. The van der Waals surface area contributed by atoms with Crippen LogP contribution in [-0.4, -0.2) is 30.2 Å². The fourth-order valence-electron chi connectivity index (χ4n) is 2.07. The zero-order chi connectivity index (χ0) is 15.8. The van der Waals surface area contributed by atoms with Crippen LogP contribution in [0.1, 0.15) is 18.4 Å². The summed E-state index contributed by atoms with van der Waals surface area (Å²) in [5, 5.41) is 10.8. The molecular weight excluding hydrogens is 299 g/mol. The lowest BCUT2D eigenvalue weighted by Crippen LogP contribution is -2.33. The van der Waals surface area contributed by atoms with Gasteiger partial charge in [0.15, 0.2) is 0 Å². The molecule has 0 N–H and O–H groups in total. The predicted octanol–water partition coefficient (Wildman–Crippen LogP) is 2.38. The molecule has 0 radical (unpaired) electrons. The van der Waals surface area contributed by atoms with Gasteiger partial charge in [0.25, 0.3) is 0 Å². The molecule has 0 bridgehead atoms. The molecule has 114 valence electrons. The van der Waals surface area contributed by atoms with Crippen LogP contribution < -0.4 is 0 Å². The number of hydrogen-bond donors (Lipinski definition) is 0. The molecule has 0 atom stereocenters. The molecule has 1 aliphatic carbocycles. The Morgan fingerprint density at radius 3 is 2.62 bits per heavy atom. The van der Waals surface area contributed by atoms with Gasteiger partial charge < -0.3 is 0 Å². The summed E-state index contributed by atoms with van der Waals surface area (Å²) in [5.41, 5.74) is -0.903. The van der Waals surface area contributed by atoms with Crippen LogP contribution >= 0.6 is 0 Å². The van der Waals surface area contributed by atoms with Crippen molar-refractivity contribution in [2.75, 3.05) is 6.54 Å². The Bertz CT molecular complexity index is 698. The second kappa shape index (κ2) is 5.53. The third-order valence-corrected chi connectivity index (χ3v) is 5.17. The topological polar surface area (TPSA) is 80.5 Å². The maximum atomic E-state index is 13.7. The Morgan fingerprint density at radius 1 is 1.52 bits per heavy atom. The van der Waals surface area contributed by atoms with E-state index < -0.39 is 26.5 Å². The van der Waals surface area contributed by atoms with Gasteiger partial charge in [-0.05, 0) is 31.4 Å². The molecule has 1 saturated carbocycles.